The second kappa shape index (κ2) is 13.4. The first-order chi connectivity index (χ1) is 14.7. The number of hydrogen-bond acceptors (Lipinski definition) is 6. The molecule has 1 saturated heterocycles. The number of carbonyl (C=O) groups excluding carboxylic acids is 1. The van der Waals surface area contributed by atoms with Crippen LogP contribution < -0.4 is 16.0 Å². The lowest BCUT2D eigenvalue weighted by Crippen LogP contribution is -2.32. The predicted molar refractivity (Wildman–Crippen MR) is 122 cm³/mol. The number of rotatable bonds is 3. The van der Waals surface area contributed by atoms with E-state index < -0.39 is 0 Å². The minimum absolute atomic E-state index is 0.0110. The van der Waals surface area contributed by atoms with Gasteiger partial charge in [0.05, 0.1) is 11.7 Å². The van der Waals surface area contributed by atoms with Gasteiger partial charge < -0.3 is 25.8 Å². The van der Waals surface area contributed by atoms with Gasteiger partial charge in [0.2, 0.25) is 0 Å². The minimum atomic E-state index is -0.321. The van der Waals surface area contributed by atoms with Crippen LogP contribution in [0.2, 0.25) is 0 Å². The van der Waals surface area contributed by atoms with Gasteiger partial charge in [-0.3, -0.25) is 14.7 Å². The summed E-state index contributed by atoms with van der Waals surface area (Å²) < 4.78 is 4.94. The van der Waals surface area contributed by atoms with Gasteiger partial charge in [0, 0.05) is 36.6 Å². The zero-order valence-corrected chi connectivity index (χ0v) is 19.0. The molecule has 1 amide bonds. The van der Waals surface area contributed by atoms with Gasteiger partial charge in [0.15, 0.2) is 0 Å². The molecule has 9 nitrogen and oxygen atoms in total. The molecule has 0 unspecified atom stereocenters. The van der Waals surface area contributed by atoms with E-state index in [4.69, 9.17) is 14.6 Å². The first kappa shape index (κ1) is 26.1. The average Bonchev–Trinajstić information content (AvgIpc) is 3.48. The van der Waals surface area contributed by atoms with E-state index in [1.807, 2.05) is 45.2 Å². The van der Waals surface area contributed by atoms with E-state index in [9.17, 15) is 4.79 Å². The lowest BCUT2D eigenvalue weighted by molar-refractivity contribution is -0.122. The van der Waals surface area contributed by atoms with E-state index >= 15 is 0 Å². The molecule has 0 aliphatic carbocycles. The second-order valence-electron chi connectivity index (χ2n) is 7.80. The number of benzene rings is 1. The number of amides is 1. The van der Waals surface area contributed by atoms with E-state index in [-0.39, 0.29) is 17.9 Å². The lowest BCUT2D eigenvalue weighted by atomic mass is 9.94. The first-order valence-electron chi connectivity index (χ1n) is 10.3. The van der Waals surface area contributed by atoms with E-state index in [0.29, 0.717) is 6.04 Å². The Labute approximate surface area is 184 Å². The summed E-state index contributed by atoms with van der Waals surface area (Å²) in [6.07, 6.45) is 4.24. The van der Waals surface area contributed by atoms with E-state index in [2.05, 4.69) is 40.0 Å². The summed E-state index contributed by atoms with van der Waals surface area (Å²) in [6.45, 7) is 9.97. The highest BCUT2D eigenvalue weighted by atomic mass is 16.5. The Morgan fingerprint density at radius 2 is 1.84 bits per heavy atom. The van der Waals surface area contributed by atoms with Gasteiger partial charge in [-0.2, -0.15) is 5.10 Å². The lowest BCUT2D eigenvalue weighted by Gasteiger charge is -2.19. The topological polar surface area (TPSA) is 128 Å². The number of carbonyl (C=O) groups is 2. The van der Waals surface area contributed by atoms with Crippen LogP contribution in [0.15, 0.2) is 30.5 Å². The van der Waals surface area contributed by atoms with Crippen molar-refractivity contribution in [3.63, 3.8) is 0 Å². The molecule has 172 valence electrons. The van der Waals surface area contributed by atoms with Crippen molar-refractivity contribution in [3.05, 3.63) is 41.6 Å². The molecule has 1 fully saturated rings. The molecule has 2 aliphatic rings. The van der Waals surface area contributed by atoms with Crippen molar-refractivity contribution in [2.24, 2.45) is 0 Å². The maximum Gasteiger partial charge on any atom is 0.290 e. The molecule has 5 N–H and O–H groups in total. The number of nitrogens with zero attached hydrogens (tertiary/aromatic N) is 1. The van der Waals surface area contributed by atoms with Crippen LogP contribution in [-0.2, 0) is 15.1 Å². The number of anilines is 2. The molecule has 2 aromatic rings. The fraction of sp³-hybridized carbons (Fsp3) is 0.500. The summed E-state index contributed by atoms with van der Waals surface area (Å²) in [4.78, 5) is 20.1. The Hall–Kier alpha value is -2.91. The fourth-order valence-electron chi connectivity index (χ4n) is 2.75. The molecule has 0 atom stereocenters. The van der Waals surface area contributed by atoms with Gasteiger partial charge in [-0.05, 0) is 57.5 Å². The van der Waals surface area contributed by atoms with Crippen molar-refractivity contribution in [1.29, 1.82) is 0 Å². The predicted octanol–water partition coefficient (Wildman–Crippen LogP) is 3.24. The number of aromatic nitrogens is 2. The third-order valence-electron chi connectivity index (χ3n) is 4.55. The molecular formula is C22H35N5O4. The molecule has 0 bridgehead atoms. The summed E-state index contributed by atoms with van der Waals surface area (Å²) in [5.74, 6) is 0.813. The third-order valence-corrected chi connectivity index (χ3v) is 4.55. The smallest absolute Gasteiger partial charge is 0.290 e. The quantitative estimate of drug-likeness (QED) is 0.470. The molecule has 4 rings (SSSR count). The highest BCUT2D eigenvalue weighted by Gasteiger charge is 2.34. The van der Waals surface area contributed by atoms with E-state index in [1.165, 1.54) is 12.8 Å². The molecule has 0 radical (unpaired) electrons. The van der Waals surface area contributed by atoms with Crippen LogP contribution in [0.5, 0.6) is 0 Å². The molecule has 1 aromatic heterocycles. The van der Waals surface area contributed by atoms with Crippen molar-refractivity contribution in [2.75, 3.05) is 25.6 Å². The maximum atomic E-state index is 11.8. The molecule has 9 heteroatoms. The van der Waals surface area contributed by atoms with Gasteiger partial charge in [-0.15, -0.1) is 0 Å². The largest absolute Gasteiger partial charge is 0.483 e. The number of ether oxygens (including phenoxy) is 1. The van der Waals surface area contributed by atoms with Crippen molar-refractivity contribution in [3.8, 4) is 0 Å². The first-order valence-corrected chi connectivity index (χ1v) is 10.3. The normalized spacial score (nSPS) is 15.2. The molecule has 0 spiro atoms. The molecule has 3 heterocycles. The van der Waals surface area contributed by atoms with Crippen molar-refractivity contribution >= 4 is 23.9 Å². The molecule has 2 aliphatic heterocycles. The number of H-pyrrole nitrogens is 1. The van der Waals surface area contributed by atoms with Crippen LogP contribution in [0, 0.1) is 0 Å². The Bertz CT molecular complexity index is 780. The standard InChI is InChI=1S/C13H14N4O.C4H11N.C4H8O.CH2O2/c1-13(2)10-7-8(15-11-5-6-14-17-11)3-4-9(10)12(18)16-13;1-4(2)5-3;1-2-4-5-3-1;2-1-3/h3-7H,1-2H3,(H,16,18)(H2,14,15,17);4-5H,1-3H3;1-4H2;1H,(H,2,3). The van der Waals surface area contributed by atoms with Gasteiger partial charge in [0.1, 0.15) is 5.82 Å². The van der Waals surface area contributed by atoms with E-state index in [0.717, 1.165) is 35.8 Å². The monoisotopic (exact) mass is 433 g/mol. The van der Waals surface area contributed by atoms with Crippen molar-refractivity contribution in [2.45, 2.75) is 52.1 Å². The molecule has 0 saturated carbocycles. The average molecular weight is 434 g/mol. The van der Waals surface area contributed by atoms with Gasteiger partial charge >= 0.3 is 0 Å². The third kappa shape index (κ3) is 9.18. The summed E-state index contributed by atoms with van der Waals surface area (Å²) in [6, 6.07) is 8.21. The fourth-order valence-corrected chi connectivity index (χ4v) is 2.75. The summed E-state index contributed by atoms with van der Waals surface area (Å²) in [5.41, 5.74) is 2.37. The number of nitrogens with one attached hydrogen (secondary N) is 4. The number of fused-ring (bicyclic) bond motifs is 1. The summed E-state index contributed by atoms with van der Waals surface area (Å²) in [7, 11) is 1.95. The summed E-state index contributed by atoms with van der Waals surface area (Å²) >= 11 is 0. The second-order valence-corrected chi connectivity index (χ2v) is 7.80. The van der Waals surface area contributed by atoms with Gasteiger partial charge in [-0.1, -0.05) is 13.8 Å². The number of aromatic amines is 1. The number of hydrogen-bond donors (Lipinski definition) is 5. The molecule has 31 heavy (non-hydrogen) atoms. The van der Waals surface area contributed by atoms with Crippen LogP contribution in [0.25, 0.3) is 0 Å². The van der Waals surface area contributed by atoms with Gasteiger partial charge in [0.25, 0.3) is 12.4 Å². The highest BCUT2D eigenvalue weighted by Crippen LogP contribution is 2.32. The molecular weight excluding hydrogens is 398 g/mol. The Morgan fingerprint density at radius 3 is 2.29 bits per heavy atom. The molecule has 1 aromatic carbocycles. The Kier molecular flexibility index (Phi) is 11.3. The Morgan fingerprint density at radius 1 is 1.23 bits per heavy atom. The Balaban J connectivity index is 0.000000303. The summed E-state index contributed by atoms with van der Waals surface area (Å²) in [5, 5.41) is 22.8. The van der Waals surface area contributed by atoms with Crippen LogP contribution in [-0.4, -0.2) is 54.0 Å². The van der Waals surface area contributed by atoms with Crippen molar-refractivity contribution < 1.29 is 19.4 Å². The minimum Gasteiger partial charge on any atom is -0.483 e. The number of carboxylic acid groups (broad SMARTS) is 1. The van der Waals surface area contributed by atoms with Crippen molar-refractivity contribution in [1.82, 2.24) is 20.8 Å². The van der Waals surface area contributed by atoms with Crippen LogP contribution in [0.4, 0.5) is 11.5 Å². The maximum absolute atomic E-state index is 11.8. The zero-order valence-electron chi connectivity index (χ0n) is 19.0. The SMILES string of the molecule is C1CCOC1.CC1(C)NC(=O)c2ccc(Nc3ccn[nH]3)cc21.CNC(C)C.O=CO. The van der Waals surface area contributed by atoms with E-state index in [1.54, 1.807) is 6.20 Å². The van der Waals surface area contributed by atoms with Crippen LogP contribution in [0.3, 0.4) is 0 Å². The highest BCUT2D eigenvalue weighted by molar-refractivity contribution is 6.00. The zero-order chi connectivity index (χ0) is 23.3. The van der Waals surface area contributed by atoms with Crippen LogP contribution in [0.1, 0.15) is 56.5 Å². The van der Waals surface area contributed by atoms with Crippen LogP contribution >= 0.6 is 0 Å². The van der Waals surface area contributed by atoms with Gasteiger partial charge in [-0.25, -0.2) is 0 Å².